The average molecular weight is 372 g/mol. The summed E-state index contributed by atoms with van der Waals surface area (Å²) >= 11 is 0. The van der Waals surface area contributed by atoms with Crippen LogP contribution in [0, 0.1) is 0 Å². The summed E-state index contributed by atoms with van der Waals surface area (Å²) in [5, 5.41) is 10.9. The molecule has 3 amide bonds. The fourth-order valence-electron chi connectivity index (χ4n) is 3.03. The molecule has 2 heterocycles. The van der Waals surface area contributed by atoms with Gasteiger partial charge in [-0.15, -0.1) is 10.2 Å². The Balaban J connectivity index is 1.57. The quantitative estimate of drug-likeness (QED) is 0.870. The Hall–Kier alpha value is -2.94. The molecule has 0 atom stereocenters. The van der Waals surface area contributed by atoms with Crippen LogP contribution in [0.25, 0.3) is 11.4 Å². The number of hydrogen-bond acceptors (Lipinski definition) is 5. The summed E-state index contributed by atoms with van der Waals surface area (Å²) in [6, 6.07) is 7.31. The minimum Gasteiger partial charge on any atom is -0.375 e. The van der Waals surface area contributed by atoms with E-state index in [9.17, 15) is 9.59 Å². The van der Waals surface area contributed by atoms with Crippen LogP contribution in [0.3, 0.4) is 0 Å². The predicted molar refractivity (Wildman–Crippen MR) is 100 cm³/mol. The third kappa shape index (κ3) is 4.62. The molecule has 1 saturated heterocycles. The van der Waals surface area contributed by atoms with Gasteiger partial charge in [0, 0.05) is 51.6 Å². The van der Waals surface area contributed by atoms with Crippen LogP contribution in [-0.4, -0.2) is 76.4 Å². The lowest BCUT2D eigenvalue weighted by Gasteiger charge is -2.22. The molecule has 1 aliphatic heterocycles. The van der Waals surface area contributed by atoms with E-state index < -0.39 is 0 Å². The van der Waals surface area contributed by atoms with E-state index in [0.29, 0.717) is 31.9 Å². The minimum absolute atomic E-state index is 0.0425. The smallest absolute Gasteiger partial charge is 0.321 e. The van der Waals surface area contributed by atoms with Crippen molar-refractivity contribution in [2.24, 2.45) is 7.05 Å². The molecular formula is C18H24N6O3. The number of nitrogens with zero attached hydrogens (tertiary/aromatic N) is 5. The molecule has 3 rings (SSSR count). The number of rotatable bonds is 4. The van der Waals surface area contributed by atoms with E-state index in [0.717, 1.165) is 17.8 Å². The van der Waals surface area contributed by atoms with Crippen molar-refractivity contribution >= 4 is 17.6 Å². The van der Waals surface area contributed by atoms with Gasteiger partial charge < -0.3 is 24.4 Å². The molecule has 1 aliphatic rings. The minimum atomic E-state index is -0.164. The Morgan fingerprint density at radius 2 is 1.81 bits per heavy atom. The van der Waals surface area contributed by atoms with Crippen LogP contribution in [0.2, 0.25) is 0 Å². The zero-order chi connectivity index (χ0) is 19.2. The van der Waals surface area contributed by atoms with Gasteiger partial charge in [0.15, 0.2) is 5.82 Å². The predicted octanol–water partition coefficient (Wildman–Crippen LogP) is 1.19. The second kappa shape index (κ2) is 8.63. The van der Waals surface area contributed by atoms with Crippen LogP contribution in [0.5, 0.6) is 0 Å². The molecule has 9 heteroatoms. The summed E-state index contributed by atoms with van der Waals surface area (Å²) in [4.78, 5) is 28.0. The molecule has 1 fully saturated rings. The van der Waals surface area contributed by atoms with Gasteiger partial charge in [0.1, 0.15) is 12.9 Å². The fraction of sp³-hybridized carbons (Fsp3) is 0.444. The van der Waals surface area contributed by atoms with Crippen molar-refractivity contribution in [2.75, 3.05) is 45.2 Å². The largest absolute Gasteiger partial charge is 0.375 e. The van der Waals surface area contributed by atoms with Crippen molar-refractivity contribution in [3.05, 3.63) is 30.6 Å². The van der Waals surface area contributed by atoms with Gasteiger partial charge in [-0.2, -0.15) is 0 Å². The number of carbonyl (C=O) groups is 2. The van der Waals surface area contributed by atoms with Gasteiger partial charge in [-0.25, -0.2) is 4.79 Å². The number of aromatic nitrogens is 3. The molecule has 0 saturated carbocycles. The Morgan fingerprint density at radius 1 is 1.11 bits per heavy atom. The summed E-state index contributed by atoms with van der Waals surface area (Å²) < 4.78 is 6.74. The average Bonchev–Trinajstić information content (AvgIpc) is 2.93. The Kier molecular flexibility index (Phi) is 6.02. The van der Waals surface area contributed by atoms with Crippen LogP contribution in [0.15, 0.2) is 30.6 Å². The molecule has 2 aromatic rings. The zero-order valence-corrected chi connectivity index (χ0v) is 15.6. The Bertz CT molecular complexity index is 789. The van der Waals surface area contributed by atoms with Gasteiger partial charge in [0.05, 0.1) is 0 Å². The first-order valence-electron chi connectivity index (χ1n) is 8.85. The van der Waals surface area contributed by atoms with Crippen molar-refractivity contribution in [1.29, 1.82) is 0 Å². The number of ether oxygens (including phenoxy) is 1. The molecule has 144 valence electrons. The van der Waals surface area contributed by atoms with E-state index in [1.165, 1.54) is 7.11 Å². The van der Waals surface area contributed by atoms with E-state index in [4.69, 9.17) is 4.74 Å². The van der Waals surface area contributed by atoms with Crippen molar-refractivity contribution in [2.45, 2.75) is 6.42 Å². The highest BCUT2D eigenvalue weighted by molar-refractivity contribution is 5.89. The maximum atomic E-state index is 12.6. The molecule has 9 nitrogen and oxygen atoms in total. The van der Waals surface area contributed by atoms with E-state index in [1.54, 1.807) is 16.1 Å². The van der Waals surface area contributed by atoms with Gasteiger partial charge >= 0.3 is 6.03 Å². The standard InChI is InChI=1S/C18H24N6O3/c1-22-13-19-21-17(22)14-4-6-15(7-5-14)20-18(26)24-9-3-8-23(10-11-24)16(25)12-27-2/h4-7,13H,3,8-12H2,1-2H3,(H,20,26). The topological polar surface area (TPSA) is 92.6 Å². The number of urea groups is 1. The number of benzene rings is 1. The molecule has 27 heavy (non-hydrogen) atoms. The van der Waals surface area contributed by atoms with E-state index in [-0.39, 0.29) is 18.5 Å². The van der Waals surface area contributed by atoms with Crippen LogP contribution < -0.4 is 5.32 Å². The van der Waals surface area contributed by atoms with Crippen molar-refractivity contribution in [3.8, 4) is 11.4 Å². The first-order valence-corrected chi connectivity index (χ1v) is 8.85. The third-order valence-electron chi connectivity index (χ3n) is 4.51. The van der Waals surface area contributed by atoms with Gasteiger partial charge in [0.25, 0.3) is 0 Å². The molecule has 0 bridgehead atoms. The van der Waals surface area contributed by atoms with E-state index >= 15 is 0 Å². The number of methoxy groups -OCH3 is 1. The number of hydrogen-bond donors (Lipinski definition) is 1. The number of nitrogens with one attached hydrogen (secondary N) is 1. The Morgan fingerprint density at radius 3 is 2.48 bits per heavy atom. The SMILES string of the molecule is COCC(=O)N1CCCN(C(=O)Nc2ccc(-c3nncn3C)cc2)CC1. The van der Waals surface area contributed by atoms with Crippen LogP contribution >= 0.6 is 0 Å². The van der Waals surface area contributed by atoms with Crippen LogP contribution in [0.1, 0.15) is 6.42 Å². The lowest BCUT2D eigenvalue weighted by molar-refractivity contribution is -0.134. The molecule has 0 unspecified atom stereocenters. The van der Waals surface area contributed by atoms with Gasteiger partial charge in [-0.3, -0.25) is 4.79 Å². The highest BCUT2D eigenvalue weighted by Gasteiger charge is 2.22. The van der Waals surface area contributed by atoms with E-state index in [2.05, 4.69) is 15.5 Å². The summed E-state index contributed by atoms with van der Waals surface area (Å²) in [6.45, 7) is 2.33. The second-order valence-corrected chi connectivity index (χ2v) is 6.43. The summed E-state index contributed by atoms with van der Waals surface area (Å²) in [7, 11) is 3.39. The fourth-order valence-corrected chi connectivity index (χ4v) is 3.03. The molecular weight excluding hydrogens is 348 g/mol. The monoisotopic (exact) mass is 372 g/mol. The summed E-state index contributed by atoms with van der Waals surface area (Å²) in [6.07, 6.45) is 2.39. The van der Waals surface area contributed by atoms with Crippen LogP contribution in [-0.2, 0) is 16.6 Å². The summed E-state index contributed by atoms with van der Waals surface area (Å²) in [5.74, 6) is 0.723. The molecule has 1 aromatic carbocycles. The molecule has 1 aromatic heterocycles. The third-order valence-corrected chi connectivity index (χ3v) is 4.51. The first kappa shape index (κ1) is 18.8. The lowest BCUT2D eigenvalue weighted by Crippen LogP contribution is -2.40. The number of anilines is 1. The van der Waals surface area contributed by atoms with Gasteiger partial charge in [-0.1, -0.05) is 0 Å². The van der Waals surface area contributed by atoms with Crippen molar-refractivity contribution in [3.63, 3.8) is 0 Å². The Labute approximate surface area is 157 Å². The highest BCUT2D eigenvalue weighted by Crippen LogP contribution is 2.19. The highest BCUT2D eigenvalue weighted by atomic mass is 16.5. The number of aryl methyl sites for hydroxylation is 1. The second-order valence-electron chi connectivity index (χ2n) is 6.43. The van der Waals surface area contributed by atoms with Gasteiger partial charge in [-0.05, 0) is 30.7 Å². The molecule has 1 N–H and O–H groups in total. The van der Waals surface area contributed by atoms with Gasteiger partial charge in [0.2, 0.25) is 5.91 Å². The lowest BCUT2D eigenvalue weighted by atomic mass is 10.2. The molecule has 0 radical (unpaired) electrons. The maximum Gasteiger partial charge on any atom is 0.321 e. The molecule has 0 spiro atoms. The van der Waals surface area contributed by atoms with Crippen LogP contribution in [0.4, 0.5) is 10.5 Å². The molecule has 0 aliphatic carbocycles. The normalized spacial score (nSPS) is 14.7. The van der Waals surface area contributed by atoms with Crippen molar-refractivity contribution in [1.82, 2.24) is 24.6 Å². The maximum absolute atomic E-state index is 12.6. The number of amides is 3. The zero-order valence-electron chi connectivity index (χ0n) is 15.6. The first-order chi connectivity index (χ1) is 13.1. The van der Waals surface area contributed by atoms with Crippen molar-refractivity contribution < 1.29 is 14.3 Å². The van der Waals surface area contributed by atoms with E-state index in [1.807, 2.05) is 35.9 Å². The number of carbonyl (C=O) groups excluding carboxylic acids is 2. The summed E-state index contributed by atoms with van der Waals surface area (Å²) in [5.41, 5.74) is 1.64.